The van der Waals surface area contributed by atoms with Gasteiger partial charge in [-0.05, 0) is 36.4 Å². The third-order valence-electron chi connectivity index (χ3n) is 3.25. The zero-order chi connectivity index (χ0) is 15.0. The first-order chi connectivity index (χ1) is 10.1. The van der Waals surface area contributed by atoms with Crippen molar-refractivity contribution in [1.82, 2.24) is 0 Å². The molecular formula is C15H9BrClN3O. The summed E-state index contributed by atoms with van der Waals surface area (Å²) in [5.41, 5.74) is 2.58. The maximum Gasteiger partial charge on any atom is 0.251 e. The molecule has 3 rings (SSSR count). The highest BCUT2D eigenvalue weighted by molar-refractivity contribution is 9.10. The number of rotatable bonds is 2. The fourth-order valence-corrected chi connectivity index (χ4v) is 2.82. The smallest absolute Gasteiger partial charge is 0.251 e. The average molecular weight is 363 g/mol. The van der Waals surface area contributed by atoms with Crippen LogP contribution >= 0.6 is 27.5 Å². The van der Waals surface area contributed by atoms with Crippen molar-refractivity contribution in [2.45, 2.75) is 6.04 Å². The van der Waals surface area contributed by atoms with E-state index in [-0.39, 0.29) is 5.91 Å². The maximum atomic E-state index is 12.1. The van der Waals surface area contributed by atoms with Crippen molar-refractivity contribution in [3.63, 3.8) is 0 Å². The van der Waals surface area contributed by atoms with Gasteiger partial charge in [0.15, 0.2) is 0 Å². The van der Waals surface area contributed by atoms with E-state index in [4.69, 9.17) is 16.9 Å². The van der Waals surface area contributed by atoms with E-state index in [1.165, 1.54) is 0 Å². The van der Waals surface area contributed by atoms with Gasteiger partial charge in [0.2, 0.25) is 0 Å². The molecule has 4 nitrogen and oxygen atoms in total. The summed E-state index contributed by atoms with van der Waals surface area (Å²) in [6.07, 6.45) is 0. The first kappa shape index (κ1) is 13.9. The van der Waals surface area contributed by atoms with Crippen LogP contribution in [0.3, 0.4) is 0 Å². The van der Waals surface area contributed by atoms with E-state index in [0.717, 1.165) is 15.7 Å². The molecule has 0 saturated carbocycles. The Hall–Kier alpha value is -2.03. The number of hydrogen-bond acceptors (Lipinski definition) is 3. The van der Waals surface area contributed by atoms with Gasteiger partial charge in [-0.15, -0.1) is 0 Å². The van der Waals surface area contributed by atoms with Crippen LogP contribution in [0, 0.1) is 11.3 Å². The van der Waals surface area contributed by atoms with Crippen molar-refractivity contribution in [2.24, 2.45) is 0 Å². The Balaban J connectivity index is 2.00. The highest BCUT2D eigenvalue weighted by atomic mass is 79.9. The second-order valence-corrected chi connectivity index (χ2v) is 5.95. The standard InChI is InChI=1S/C15H9BrClN3O/c16-9-2-4-12-11(5-9)14(15(21)20-12)19-13-6-10(17)3-1-8(13)7-18/h1-6,14,19H,(H,20,21). The average Bonchev–Trinajstić information content (AvgIpc) is 2.75. The monoisotopic (exact) mass is 361 g/mol. The molecule has 2 aromatic rings. The van der Waals surface area contributed by atoms with Crippen LogP contribution in [-0.2, 0) is 4.79 Å². The molecule has 0 spiro atoms. The van der Waals surface area contributed by atoms with Gasteiger partial charge in [0.1, 0.15) is 12.1 Å². The number of benzene rings is 2. The molecular weight excluding hydrogens is 354 g/mol. The minimum Gasteiger partial charge on any atom is -0.369 e. The number of nitrogens with one attached hydrogen (secondary N) is 2. The van der Waals surface area contributed by atoms with Gasteiger partial charge >= 0.3 is 0 Å². The number of fused-ring (bicyclic) bond motifs is 1. The molecule has 1 atom stereocenters. The third-order valence-corrected chi connectivity index (χ3v) is 3.97. The second-order valence-electron chi connectivity index (χ2n) is 4.60. The van der Waals surface area contributed by atoms with Crippen LogP contribution in [-0.4, -0.2) is 5.91 Å². The first-order valence-corrected chi connectivity index (χ1v) is 7.32. The van der Waals surface area contributed by atoms with Gasteiger partial charge in [0.05, 0.1) is 11.3 Å². The predicted molar refractivity (Wildman–Crippen MR) is 85.3 cm³/mol. The lowest BCUT2D eigenvalue weighted by Crippen LogP contribution is -2.20. The third kappa shape index (κ3) is 2.60. The summed E-state index contributed by atoms with van der Waals surface area (Å²) < 4.78 is 0.885. The number of amides is 1. The number of halogens is 2. The van der Waals surface area contributed by atoms with Crippen molar-refractivity contribution < 1.29 is 4.79 Å². The van der Waals surface area contributed by atoms with E-state index in [0.29, 0.717) is 16.3 Å². The van der Waals surface area contributed by atoms with Crippen LogP contribution < -0.4 is 10.6 Å². The minimum atomic E-state index is -0.553. The Morgan fingerprint density at radius 3 is 2.86 bits per heavy atom. The zero-order valence-electron chi connectivity index (χ0n) is 10.7. The van der Waals surface area contributed by atoms with Crippen LogP contribution in [0.5, 0.6) is 0 Å². The lowest BCUT2D eigenvalue weighted by atomic mass is 10.1. The molecule has 0 radical (unpaired) electrons. The van der Waals surface area contributed by atoms with E-state index in [2.05, 4.69) is 32.6 Å². The highest BCUT2D eigenvalue weighted by Gasteiger charge is 2.31. The van der Waals surface area contributed by atoms with Crippen LogP contribution in [0.15, 0.2) is 40.9 Å². The number of nitrogens with zero attached hydrogens (tertiary/aromatic N) is 1. The molecule has 0 fully saturated rings. The predicted octanol–water partition coefficient (Wildman–Crippen LogP) is 4.08. The minimum absolute atomic E-state index is 0.160. The lowest BCUT2D eigenvalue weighted by molar-refractivity contribution is -0.116. The molecule has 0 saturated heterocycles. The maximum absolute atomic E-state index is 12.1. The summed E-state index contributed by atoms with van der Waals surface area (Å²) in [7, 11) is 0. The van der Waals surface area contributed by atoms with Gasteiger partial charge in [0, 0.05) is 20.7 Å². The summed E-state index contributed by atoms with van der Waals surface area (Å²) in [5, 5.41) is 15.6. The molecule has 1 aliphatic heterocycles. The summed E-state index contributed by atoms with van der Waals surface area (Å²) >= 11 is 9.36. The van der Waals surface area contributed by atoms with Gasteiger partial charge in [-0.25, -0.2) is 0 Å². The SMILES string of the molecule is N#Cc1ccc(Cl)cc1NC1C(=O)Nc2ccc(Br)cc21. The van der Waals surface area contributed by atoms with Crippen molar-refractivity contribution in [3.8, 4) is 6.07 Å². The van der Waals surface area contributed by atoms with E-state index in [1.54, 1.807) is 18.2 Å². The number of nitriles is 1. The number of carbonyl (C=O) groups excluding carboxylic acids is 1. The number of anilines is 2. The molecule has 2 N–H and O–H groups in total. The number of carbonyl (C=O) groups is 1. The molecule has 1 amide bonds. The Labute approximate surface area is 134 Å². The van der Waals surface area contributed by atoms with E-state index in [1.807, 2.05) is 18.2 Å². The van der Waals surface area contributed by atoms with Gasteiger partial charge in [-0.3, -0.25) is 4.79 Å². The van der Waals surface area contributed by atoms with Gasteiger partial charge < -0.3 is 10.6 Å². The molecule has 2 aromatic carbocycles. The van der Waals surface area contributed by atoms with Crippen molar-refractivity contribution in [2.75, 3.05) is 10.6 Å². The first-order valence-electron chi connectivity index (χ1n) is 6.15. The quantitative estimate of drug-likeness (QED) is 0.846. The van der Waals surface area contributed by atoms with E-state index in [9.17, 15) is 4.79 Å². The Morgan fingerprint density at radius 2 is 2.10 bits per heavy atom. The van der Waals surface area contributed by atoms with Crippen LogP contribution in [0.4, 0.5) is 11.4 Å². The molecule has 1 unspecified atom stereocenters. The number of hydrogen-bond donors (Lipinski definition) is 2. The van der Waals surface area contributed by atoms with Crippen LogP contribution in [0.25, 0.3) is 0 Å². The normalized spacial score (nSPS) is 16.0. The fraction of sp³-hybridized carbons (Fsp3) is 0.0667. The van der Waals surface area contributed by atoms with Gasteiger partial charge in [-0.2, -0.15) is 5.26 Å². The largest absolute Gasteiger partial charge is 0.369 e. The topological polar surface area (TPSA) is 64.9 Å². The van der Waals surface area contributed by atoms with Crippen molar-refractivity contribution >= 4 is 44.8 Å². The summed E-state index contributed by atoms with van der Waals surface area (Å²) in [4.78, 5) is 12.1. The van der Waals surface area contributed by atoms with Crippen LogP contribution in [0.2, 0.25) is 5.02 Å². The molecule has 0 aliphatic carbocycles. The van der Waals surface area contributed by atoms with E-state index < -0.39 is 6.04 Å². The molecule has 0 aromatic heterocycles. The summed E-state index contributed by atoms with van der Waals surface area (Å²) in [6.45, 7) is 0. The lowest BCUT2D eigenvalue weighted by Gasteiger charge is -2.14. The van der Waals surface area contributed by atoms with Gasteiger partial charge in [-0.1, -0.05) is 27.5 Å². The Morgan fingerprint density at radius 1 is 1.29 bits per heavy atom. The van der Waals surface area contributed by atoms with Crippen molar-refractivity contribution in [1.29, 1.82) is 5.26 Å². The molecule has 1 aliphatic rings. The molecule has 104 valence electrons. The van der Waals surface area contributed by atoms with Gasteiger partial charge in [0.25, 0.3) is 5.91 Å². The molecule has 1 heterocycles. The zero-order valence-corrected chi connectivity index (χ0v) is 13.0. The summed E-state index contributed by atoms with van der Waals surface area (Å²) in [6, 6.07) is 12.0. The van der Waals surface area contributed by atoms with Crippen molar-refractivity contribution in [3.05, 3.63) is 57.0 Å². The second kappa shape index (κ2) is 5.40. The van der Waals surface area contributed by atoms with Crippen LogP contribution in [0.1, 0.15) is 17.2 Å². The highest BCUT2D eigenvalue weighted by Crippen LogP contribution is 2.36. The Bertz CT molecular complexity index is 785. The molecule has 0 bridgehead atoms. The molecule has 6 heteroatoms. The Kier molecular flexibility index (Phi) is 3.58. The summed E-state index contributed by atoms with van der Waals surface area (Å²) in [5.74, 6) is -0.160. The van der Waals surface area contributed by atoms with E-state index >= 15 is 0 Å². The fourth-order valence-electron chi connectivity index (χ4n) is 2.26. The molecule has 21 heavy (non-hydrogen) atoms.